The summed E-state index contributed by atoms with van der Waals surface area (Å²) in [6.45, 7) is 2.44. The highest BCUT2D eigenvalue weighted by Crippen LogP contribution is 2.31. The summed E-state index contributed by atoms with van der Waals surface area (Å²) in [5, 5.41) is 14.9. The second-order valence-electron chi connectivity index (χ2n) is 5.92. The van der Waals surface area contributed by atoms with E-state index in [1.807, 2.05) is 49.4 Å². The Morgan fingerprint density at radius 3 is 2.56 bits per heavy atom. The van der Waals surface area contributed by atoms with E-state index in [1.54, 1.807) is 18.2 Å². The van der Waals surface area contributed by atoms with Gasteiger partial charge in [-0.1, -0.05) is 53.5 Å². The fourth-order valence-corrected chi connectivity index (χ4v) is 3.00. The van der Waals surface area contributed by atoms with E-state index in [4.69, 9.17) is 27.6 Å². The second kappa shape index (κ2) is 8.07. The number of hydrogen-bond donors (Lipinski definition) is 2. The van der Waals surface area contributed by atoms with Crippen molar-refractivity contribution < 1.29 is 9.52 Å². The monoisotopic (exact) mass is 375 g/mol. The molecule has 1 heterocycles. The molecule has 5 heteroatoms. The number of furan rings is 1. The average molecular weight is 376 g/mol. The molecule has 0 saturated heterocycles. The average Bonchev–Trinajstić information content (AvgIpc) is 3.10. The van der Waals surface area contributed by atoms with E-state index in [-0.39, 0.29) is 6.04 Å². The summed E-state index contributed by atoms with van der Waals surface area (Å²) in [7, 11) is 0. The van der Waals surface area contributed by atoms with Crippen molar-refractivity contribution in [3.63, 3.8) is 0 Å². The van der Waals surface area contributed by atoms with Crippen LogP contribution in [0.3, 0.4) is 0 Å². The van der Waals surface area contributed by atoms with Gasteiger partial charge in [0.15, 0.2) is 0 Å². The molecule has 0 aliphatic carbocycles. The number of benzene rings is 2. The summed E-state index contributed by atoms with van der Waals surface area (Å²) in [5.41, 5.74) is 1.64. The zero-order chi connectivity index (χ0) is 17.8. The van der Waals surface area contributed by atoms with Crippen LogP contribution in [-0.4, -0.2) is 11.1 Å². The van der Waals surface area contributed by atoms with Gasteiger partial charge in [-0.25, -0.2) is 0 Å². The molecule has 0 radical (unpaired) electrons. The smallest absolute Gasteiger partial charge is 0.135 e. The molecule has 0 fully saturated rings. The highest BCUT2D eigenvalue weighted by atomic mass is 35.5. The standard InChI is InChI=1S/C20H19Cl2NO2/c1-13(20(24)14-5-3-2-4-6-14)23-12-16-8-10-19(25-16)17-11-15(21)7-9-18(17)22/h2-11,13,20,23-24H,12H2,1H3/t13-,20+/m1/s1. The van der Waals surface area contributed by atoms with Gasteiger partial charge >= 0.3 is 0 Å². The van der Waals surface area contributed by atoms with Crippen molar-refractivity contribution in [2.75, 3.05) is 0 Å². The minimum atomic E-state index is -0.585. The third-order valence-electron chi connectivity index (χ3n) is 4.07. The maximum absolute atomic E-state index is 10.4. The first-order valence-corrected chi connectivity index (χ1v) is 8.80. The predicted octanol–water partition coefficient (Wildman–Crippen LogP) is 5.47. The topological polar surface area (TPSA) is 45.4 Å². The Hall–Kier alpha value is -1.78. The molecule has 0 aliphatic heterocycles. The maximum Gasteiger partial charge on any atom is 0.135 e. The summed E-state index contributed by atoms with van der Waals surface area (Å²) >= 11 is 12.2. The first kappa shape index (κ1) is 18.0. The zero-order valence-electron chi connectivity index (χ0n) is 13.7. The van der Waals surface area contributed by atoms with Crippen LogP contribution in [-0.2, 0) is 6.54 Å². The molecular weight excluding hydrogens is 357 g/mol. The van der Waals surface area contributed by atoms with Crippen molar-refractivity contribution in [2.24, 2.45) is 0 Å². The zero-order valence-corrected chi connectivity index (χ0v) is 15.3. The number of hydrogen-bond acceptors (Lipinski definition) is 3. The Morgan fingerprint density at radius 2 is 1.80 bits per heavy atom. The van der Waals surface area contributed by atoms with E-state index in [0.29, 0.717) is 22.4 Å². The van der Waals surface area contributed by atoms with Gasteiger partial charge < -0.3 is 14.8 Å². The first-order valence-electron chi connectivity index (χ1n) is 8.05. The number of nitrogens with one attached hydrogen (secondary N) is 1. The molecule has 25 heavy (non-hydrogen) atoms. The van der Waals surface area contributed by atoms with Crippen LogP contribution in [0.25, 0.3) is 11.3 Å². The van der Waals surface area contributed by atoms with Crippen LogP contribution >= 0.6 is 23.2 Å². The van der Waals surface area contributed by atoms with Gasteiger partial charge in [0.1, 0.15) is 11.5 Å². The van der Waals surface area contributed by atoms with Crippen molar-refractivity contribution in [1.29, 1.82) is 0 Å². The Morgan fingerprint density at radius 1 is 1.04 bits per heavy atom. The highest BCUT2D eigenvalue weighted by Gasteiger charge is 2.16. The van der Waals surface area contributed by atoms with Gasteiger partial charge in [0.25, 0.3) is 0 Å². The number of rotatable bonds is 6. The van der Waals surface area contributed by atoms with Crippen LogP contribution in [0.5, 0.6) is 0 Å². The van der Waals surface area contributed by atoms with Gasteiger partial charge in [-0.2, -0.15) is 0 Å². The van der Waals surface area contributed by atoms with E-state index in [0.717, 1.165) is 16.9 Å². The van der Waals surface area contributed by atoms with Gasteiger partial charge in [-0.3, -0.25) is 0 Å². The maximum atomic E-state index is 10.4. The van der Waals surface area contributed by atoms with E-state index < -0.39 is 6.10 Å². The molecule has 0 amide bonds. The molecule has 3 aromatic rings. The summed E-state index contributed by atoms with van der Waals surface area (Å²) in [5.74, 6) is 1.43. The molecule has 0 bridgehead atoms. The minimum Gasteiger partial charge on any atom is -0.460 e. The van der Waals surface area contributed by atoms with Crippen LogP contribution in [0.15, 0.2) is 65.1 Å². The summed E-state index contributed by atoms with van der Waals surface area (Å²) < 4.78 is 5.85. The third kappa shape index (κ3) is 4.44. The third-order valence-corrected chi connectivity index (χ3v) is 4.63. The van der Waals surface area contributed by atoms with Crippen molar-refractivity contribution in [2.45, 2.75) is 25.6 Å². The lowest BCUT2D eigenvalue weighted by atomic mass is 10.0. The first-order chi connectivity index (χ1) is 12.0. The van der Waals surface area contributed by atoms with Crippen LogP contribution < -0.4 is 5.32 Å². The largest absolute Gasteiger partial charge is 0.460 e. The van der Waals surface area contributed by atoms with Crippen molar-refractivity contribution in [3.05, 3.63) is 82.0 Å². The fraction of sp³-hybridized carbons (Fsp3) is 0.200. The Kier molecular flexibility index (Phi) is 5.82. The van der Waals surface area contributed by atoms with Crippen molar-refractivity contribution in [1.82, 2.24) is 5.32 Å². The number of aliphatic hydroxyl groups is 1. The van der Waals surface area contributed by atoms with Gasteiger partial charge in [0.05, 0.1) is 17.7 Å². The van der Waals surface area contributed by atoms with E-state index in [9.17, 15) is 5.11 Å². The Balaban J connectivity index is 1.65. The lowest BCUT2D eigenvalue weighted by Crippen LogP contribution is -2.31. The van der Waals surface area contributed by atoms with Crippen molar-refractivity contribution in [3.8, 4) is 11.3 Å². The normalized spacial score (nSPS) is 13.6. The molecule has 3 rings (SSSR count). The lowest BCUT2D eigenvalue weighted by molar-refractivity contribution is 0.134. The number of halogens is 2. The van der Waals surface area contributed by atoms with Crippen LogP contribution in [0.4, 0.5) is 0 Å². The molecule has 0 saturated carbocycles. The minimum absolute atomic E-state index is 0.120. The van der Waals surface area contributed by atoms with E-state index in [2.05, 4.69) is 5.32 Å². The van der Waals surface area contributed by atoms with Crippen LogP contribution in [0.2, 0.25) is 10.0 Å². The molecular formula is C20H19Cl2NO2. The van der Waals surface area contributed by atoms with Crippen LogP contribution in [0, 0.1) is 0 Å². The molecule has 130 valence electrons. The summed E-state index contributed by atoms with van der Waals surface area (Å²) in [6.07, 6.45) is -0.585. The fourth-order valence-electron chi connectivity index (χ4n) is 2.62. The lowest BCUT2D eigenvalue weighted by Gasteiger charge is -2.20. The molecule has 0 unspecified atom stereocenters. The number of aliphatic hydroxyl groups excluding tert-OH is 1. The SMILES string of the molecule is C[C@@H](NCc1ccc(-c2cc(Cl)ccc2Cl)o1)[C@H](O)c1ccccc1. The Bertz CT molecular complexity index is 833. The summed E-state index contributed by atoms with van der Waals surface area (Å²) in [4.78, 5) is 0. The molecule has 3 nitrogen and oxygen atoms in total. The van der Waals surface area contributed by atoms with Crippen molar-refractivity contribution >= 4 is 23.2 Å². The van der Waals surface area contributed by atoms with Crippen LogP contribution in [0.1, 0.15) is 24.4 Å². The highest BCUT2D eigenvalue weighted by molar-refractivity contribution is 6.35. The van der Waals surface area contributed by atoms with Gasteiger partial charge in [0.2, 0.25) is 0 Å². The molecule has 2 atom stereocenters. The molecule has 2 aromatic carbocycles. The predicted molar refractivity (Wildman–Crippen MR) is 102 cm³/mol. The summed E-state index contributed by atoms with van der Waals surface area (Å²) in [6, 6.07) is 18.5. The van der Waals surface area contributed by atoms with Gasteiger partial charge in [0, 0.05) is 16.6 Å². The molecule has 2 N–H and O–H groups in total. The molecule has 0 spiro atoms. The molecule has 1 aromatic heterocycles. The van der Waals surface area contributed by atoms with Gasteiger partial charge in [-0.05, 0) is 42.8 Å². The Labute approximate surface area is 157 Å². The molecule has 0 aliphatic rings. The van der Waals surface area contributed by atoms with Gasteiger partial charge in [-0.15, -0.1) is 0 Å². The quantitative estimate of drug-likeness (QED) is 0.600. The van der Waals surface area contributed by atoms with E-state index in [1.165, 1.54) is 0 Å². The van der Waals surface area contributed by atoms with E-state index >= 15 is 0 Å². The second-order valence-corrected chi connectivity index (χ2v) is 6.76.